The fourth-order valence-corrected chi connectivity index (χ4v) is 9.14. The standard InChI is InChI=1S/C48H42N2/c1-30-26-43-39(36-21-13-14-22-41(36)47(43,2)3)28-38(30)34-24-25-37-35-20-12-15-23-42(35)48(4,5)44(37)40(34)27-33-29-49-46(32-18-10-7-11-19-32)50-45(33)31-16-8-6-9-17-31/h6-16,18-26,28-29,31H,17,27H2,1-5H3. The number of benzene rings is 5. The number of aryl methyl sites for hydroxylation is 1. The fraction of sp³-hybridized carbons (Fsp3) is 0.208. The van der Waals surface area contributed by atoms with Gasteiger partial charge >= 0.3 is 0 Å². The van der Waals surface area contributed by atoms with Crippen LogP contribution in [0.15, 0.2) is 134 Å². The third-order valence-electron chi connectivity index (χ3n) is 11.7. The van der Waals surface area contributed by atoms with Gasteiger partial charge in [-0.15, -0.1) is 0 Å². The minimum absolute atomic E-state index is 0.0334. The zero-order valence-electron chi connectivity index (χ0n) is 29.6. The van der Waals surface area contributed by atoms with Crippen molar-refractivity contribution in [3.8, 4) is 44.8 Å². The van der Waals surface area contributed by atoms with Gasteiger partial charge in [-0.2, -0.15) is 0 Å². The van der Waals surface area contributed by atoms with Crippen molar-refractivity contribution < 1.29 is 0 Å². The van der Waals surface area contributed by atoms with Crippen molar-refractivity contribution in [2.24, 2.45) is 0 Å². The van der Waals surface area contributed by atoms with Gasteiger partial charge in [0.25, 0.3) is 0 Å². The smallest absolute Gasteiger partial charge is 0.159 e. The van der Waals surface area contributed by atoms with E-state index in [9.17, 15) is 0 Å². The summed E-state index contributed by atoms with van der Waals surface area (Å²) in [5.41, 5.74) is 19.5. The van der Waals surface area contributed by atoms with Crippen LogP contribution in [0.4, 0.5) is 0 Å². The molecule has 0 N–H and O–H groups in total. The van der Waals surface area contributed by atoms with Crippen LogP contribution in [0.25, 0.3) is 44.8 Å². The molecule has 3 aliphatic rings. The van der Waals surface area contributed by atoms with Crippen LogP contribution in [-0.2, 0) is 17.3 Å². The van der Waals surface area contributed by atoms with Gasteiger partial charge in [0.1, 0.15) is 0 Å². The summed E-state index contributed by atoms with van der Waals surface area (Å²) in [6.07, 6.45) is 12.7. The molecule has 0 radical (unpaired) electrons. The average Bonchev–Trinajstić information content (AvgIpc) is 3.51. The molecule has 5 aromatic carbocycles. The molecule has 0 saturated carbocycles. The molecule has 0 bridgehead atoms. The van der Waals surface area contributed by atoms with Crippen molar-refractivity contribution in [1.29, 1.82) is 0 Å². The predicted molar refractivity (Wildman–Crippen MR) is 208 cm³/mol. The van der Waals surface area contributed by atoms with Crippen molar-refractivity contribution >= 4 is 0 Å². The van der Waals surface area contributed by atoms with Gasteiger partial charge in [0, 0.05) is 34.9 Å². The number of hydrogen-bond acceptors (Lipinski definition) is 2. The first kappa shape index (κ1) is 30.7. The summed E-state index contributed by atoms with van der Waals surface area (Å²) in [5.74, 6) is 0.987. The van der Waals surface area contributed by atoms with Crippen LogP contribution in [0.2, 0.25) is 0 Å². The Labute approximate surface area is 296 Å². The highest BCUT2D eigenvalue weighted by Crippen LogP contribution is 2.54. The molecule has 50 heavy (non-hydrogen) atoms. The van der Waals surface area contributed by atoms with Crippen molar-refractivity contribution in [2.75, 3.05) is 0 Å². The van der Waals surface area contributed by atoms with E-state index in [4.69, 9.17) is 9.97 Å². The normalized spacial score (nSPS) is 17.3. The van der Waals surface area contributed by atoms with E-state index in [1.54, 1.807) is 0 Å². The van der Waals surface area contributed by atoms with Gasteiger partial charge in [-0.25, -0.2) is 9.97 Å². The molecule has 0 saturated heterocycles. The van der Waals surface area contributed by atoms with Crippen LogP contribution in [0.5, 0.6) is 0 Å². The van der Waals surface area contributed by atoms with Crippen LogP contribution >= 0.6 is 0 Å². The molecule has 1 heterocycles. The SMILES string of the molecule is Cc1cc2c(cc1-c1ccc3c(c1Cc1cnc(-c4ccccc4)nc1C1C=CC=CC1)C(C)(C)c1ccccc1-3)-c1ccccc1C2(C)C. The second-order valence-electron chi connectivity index (χ2n) is 15.4. The largest absolute Gasteiger partial charge is 0.236 e. The Hall–Kier alpha value is -5.34. The Morgan fingerprint density at radius 2 is 1.32 bits per heavy atom. The molecule has 0 fully saturated rings. The molecule has 1 aromatic heterocycles. The Morgan fingerprint density at radius 1 is 0.640 bits per heavy atom. The molecule has 1 atom stereocenters. The number of aromatic nitrogens is 2. The fourth-order valence-electron chi connectivity index (χ4n) is 9.14. The summed E-state index contributed by atoms with van der Waals surface area (Å²) in [4.78, 5) is 10.4. The van der Waals surface area contributed by atoms with Crippen LogP contribution in [0.1, 0.15) is 84.7 Å². The maximum absolute atomic E-state index is 5.34. The van der Waals surface area contributed by atoms with Gasteiger partial charge in [0.15, 0.2) is 5.82 Å². The first-order valence-corrected chi connectivity index (χ1v) is 18.0. The zero-order chi connectivity index (χ0) is 34.2. The van der Waals surface area contributed by atoms with Gasteiger partial charge in [-0.05, 0) is 91.7 Å². The van der Waals surface area contributed by atoms with Crippen LogP contribution in [0, 0.1) is 6.92 Å². The van der Waals surface area contributed by atoms with Crippen LogP contribution < -0.4 is 0 Å². The molecule has 2 heteroatoms. The summed E-state index contributed by atoms with van der Waals surface area (Å²) >= 11 is 0. The van der Waals surface area contributed by atoms with Gasteiger partial charge in [0.2, 0.25) is 0 Å². The molecule has 6 aromatic rings. The van der Waals surface area contributed by atoms with Gasteiger partial charge in [-0.3, -0.25) is 0 Å². The van der Waals surface area contributed by atoms with E-state index in [2.05, 4.69) is 162 Å². The zero-order valence-corrected chi connectivity index (χ0v) is 29.6. The van der Waals surface area contributed by atoms with E-state index < -0.39 is 0 Å². The third kappa shape index (κ3) is 4.62. The topological polar surface area (TPSA) is 25.8 Å². The highest BCUT2D eigenvalue weighted by atomic mass is 14.9. The first-order valence-electron chi connectivity index (χ1n) is 18.0. The average molecular weight is 647 g/mol. The van der Waals surface area contributed by atoms with Crippen molar-refractivity contribution in [2.45, 2.75) is 64.2 Å². The summed E-state index contributed by atoms with van der Waals surface area (Å²) in [7, 11) is 0. The quantitative estimate of drug-likeness (QED) is 0.186. The highest BCUT2D eigenvalue weighted by Gasteiger charge is 2.40. The van der Waals surface area contributed by atoms with E-state index in [0.717, 1.165) is 29.9 Å². The molecule has 244 valence electrons. The molecule has 0 aliphatic heterocycles. The lowest BCUT2D eigenvalue weighted by atomic mass is 9.76. The van der Waals surface area contributed by atoms with E-state index in [-0.39, 0.29) is 16.7 Å². The molecule has 0 amide bonds. The molecule has 9 rings (SSSR count). The molecular formula is C48H42N2. The minimum atomic E-state index is -0.158. The molecule has 2 nitrogen and oxygen atoms in total. The van der Waals surface area contributed by atoms with Crippen molar-refractivity contribution in [3.05, 3.63) is 178 Å². The third-order valence-corrected chi connectivity index (χ3v) is 11.7. The Balaban J connectivity index is 1.28. The Kier molecular flexibility index (Phi) is 6.97. The first-order chi connectivity index (χ1) is 24.2. The van der Waals surface area contributed by atoms with E-state index in [1.807, 2.05) is 6.07 Å². The molecule has 3 aliphatic carbocycles. The minimum Gasteiger partial charge on any atom is -0.236 e. The van der Waals surface area contributed by atoms with Gasteiger partial charge in [-0.1, -0.05) is 149 Å². The van der Waals surface area contributed by atoms with Crippen molar-refractivity contribution in [1.82, 2.24) is 9.97 Å². The second kappa shape index (κ2) is 11.4. The summed E-state index contributed by atoms with van der Waals surface area (Å²) in [5, 5.41) is 0. The maximum Gasteiger partial charge on any atom is 0.159 e. The highest BCUT2D eigenvalue weighted by molar-refractivity contribution is 5.90. The van der Waals surface area contributed by atoms with E-state index in [1.165, 1.54) is 72.3 Å². The van der Waals surface area contributed by atoms with Crippen LogP contribution in [0.3, 0.4) is 0 Å². The number of hydrogen-bond donors (Lipinski definition) is 0. The predicted octanol–water partition coefficient (Wildman–Crippen LogP) is 11.9. The monoisotopic (exact) mass is 646 g/mol. The number of nitrogens with zero attached hydrogens (tertiary/aromatic N) is 2. The molecule has 0 spiro atoms. The maximum atomic E-state index is 5.34. The van der Waals surface area contributed by atoms with Gasteiger partial charge < -0.3 is 0 Å². The van der Waals surface area contributed by atoms with E-state index >= 15 is 0 Å². The number of allylic oxidation sites excluding steroid dienone is 4. The van der Waals surface area contributed by atoms with Gasteiger partial charge in [0.05, 0.1) is 5.69 Å². The second-order valence-corrected chi connectivity index (χ2v) is 15.4. The molecule has 1 unspecified atom stereocenters. The summed E-state index contributed by atoms with van der Waals surface area (Å²) in [6, 6.07) is 38.1. The lowest BCUT2D eigenvalue weighted by molar-refractivity contribution is 0.652. The van der Waals surface area contributed by atoms with E-state index in [0.29, 0.717) is 0 Å². The lowest BCUT2D eigenvalue weighted by Crippen LogP contribution is -2.19. The van der Waals surface area contributed by atoms with Crippen LogP contribution in [-0.4, -0.2) is 9.97 Å². The number of fused-ring (bicyclic) bond motifs is 6. The Morgan fingerprint density at radius 3 is 2.06 bits per heavy atom. The number of rotatable bonds is 5. The summed E-state index contributed by atoms with van der Waals surface area (Å²) < 4.78 is 0. The Bertz CT molecular complexity index is 2390. The van der Waals surface area contributed by atoms with Crippen molar-refractivity contribution in [3.63, 3.8) is 0 Å². The lowest BCUT2D eigenvalue weighted by Gasteiger charge is -2.28. The molecular weight excluding hydrogens is 605 g/mol. The summed E-state index contributed by atoms with van der Waals surface area (Å²) in [6.45, 7) is 11.8.